The summed E-state index contributed by atoms with van der Waals surface area (Å²) in [5.74, 6) is 1.11. The van der Waals surface area contributed by atoms with E-state index in [4.69, 9.17) is 0 Å². The van der Waals surface area contributed by atoms with Gasteiger partial charge in [-0.2, -0.15) is 0 Å². The average molecular weight is 208 g/mol. The summed E-state index contributed by atoms with van der Waals surface area (Å²) in [6.45, 7) is 13.4. The molecule has 2 heteroatoms. The van der Waals surface area contributed by atoms with Crippen LogP contribution in [0, 0.1) is 10.8 Å². The van der Waals surface area contributed by atoms with Crippen molar-refractivity contribution >= 4 is 0 Å². The standard InChI is InChI=1S/C13H24N2/c1-12(2,3)7-10-9-14-11(15-10)8-13(4,5)6/h9H,7-8H2,1-6H3,(H,14,15). The Kier molecular flexibility index (Phi) is 3.27. The second-order valence-electron chi connectivity index (χ2n) is 6.81. The number of imidazole rings is 1. The van der Waals surface area contributed by atoms with Crippen LogP contribution in [0.25, 0.3) is 0 Å². The molecule has 0 amide bonds. The molecule has 1 heterocycles. The van der Waals surface area contributed by atoms with Crippen LogP contribution in [-0.4, -0.2) is 9.97 Å². The van der Waals surface area contributed by atoms with Crippen LogP contribution >= 0.6 is 0 Å². The van der Waals surface area contributed by atoms with Gasteiger partial charge in [0.15, 0.2) is 0 Å². The highest BCUT2D eigenvalue weighted by atomic mass is 14.9. The molecule has 0 unspecified atom stereocenters. The van der Waals surface area contributed by atoms with Crippen molar-refractivity contribution in [1.82, 2.24) is 9.97 Å². The molecule has 1 aromatic heterocycles. The van der Waals surface area contributed by atoms with Crippen molar-refractivity contribution in [2.45, 2.75) is 54.4 Å². The second-order valence-corrected chi connectivity index (χ2v) is 6.81. The maximum Gasteiger partial charge on any atom is 0.106 e. The Hall–Kier alpha value is -0.790. The van der Waals surface area contributed by atoms with Gasteiger partial charge in [0.25, 0.3) is 0 Å². The van der Waals surface area contributed by atoms with Crippen LogP contribution in [0.5, 0.6) is 0 Å². The molecule has 0 radical (unpaired) electrons. The third kappa shape index (κ3) is 5.01. The second kappa shape index (κ2) is 3.99. The Morgan fingerprint density at radius 1 is 1.00 bits per heavy atom. The predicted molar refractivity (Wildman–Crippen MR) is 64.9 cm³/mol. The molecule has 0 atom stereocenters. The van der Waals surface area contributed by atoms with Gasteiger partial charge in [-0.3, -0.25) is 0 Å². The summed E-state index contributed by atoms with van der Waals surface area (Å²) >= 11 is 0. The zero-order valence-corrected chi connectivity index (χ0v) is 10.9. The first-order valence-electron chi connectivity index (χ1n) is 5.69. The van der Waals surface area contributed by atoms with Crippen LogP contribution in [0.1, 0.15) is 53.1 Å². The molecule has 0 aromatic carbocycles. The molecule has 0 fully saturated rings. The van der Waals surface area contributed by atoms with Crippen molar-refractivity contribution in [3.8, 4) is 0 Å². The molecule has 1 N–H and O–H groups in total. The SMILES string of the molecule is CC(C)(C)Cc1c[nH]c(CC(C)(C)C)n1. The fourth-order valence-corrected chi connectivity index (χ4v) is 1.63. The Morgan fingerprint density at radius 2 is 1.53 bits per heavy atom. The van der Waals surface area contributed by atoms with E-state index in [1.807, 2.05) is 6.20 Å². The highest BCUT2D eigenvalue weighted by Gasteiger charge is 2.16. The molecule has 1 rings (SSSR count). The van der Waals surface area contributed by atoms with Crippen LogP contribution in [0.4, 0.5) is 0 Å². The van der Waals surface area contributed by atoms with Crippen molar-refractivity contribution in [1.29, 1.82) is 0 Å². The molecule has 0 bridgehead atoms. The number of hydrogen-bond donors (Lipinski definition) is 1. The van der Waals surface area contributed by atoms with Gasteiger partial charge in [-0.15, -0.1) is 0 Å². The Morgan fingerprint density at radius 3 is 2.00 bits per heavy atom. The number of aromatic nitrogens is 2. The molecule has 86 valence electrons. The summed E-state index contributed by atoms with van der Waals surface area (Å²) in [5.41, 5.74) is 1.80. The first kappa shape index (κ1) is 12.3. The molecule has 0 aliphatic rings. The zero-order valence-electron chi connectivity index (χ0n) is 10.9. The maximum absolute atomic E-state index is 4.63. The van der Waals surface area contributed by atoms with E-state index in [1.165, 1.54) is 5.69 Å². The predicted octanol–water partition coefficient (Wildman–Crippen LogP) is 3.59. The number of rotatable bonds is 2. The molecule has 1 aromatic rings. The van der Waals surface area contributed by atoms with Crippen LogP contribution in [0.3, 0.4) is 0 Å². The van der Waals surface area contributed by atoms with Gasteiger partial charge in [0.1, 0.15) is 5.82 Å². The van der Waals surface area contributed by atoms with E-state index in [0.717, 1.165) is 18.7 Å². The van der Waals surface area contributed by atoms with Gasteiger partial charge < -0.3 is 4.98 Å². The topological polar surface area (TPSA) is 28.7 Å². The molecule has 15 heavy (non-hydrogen) atoms. The number of aromatic amines is 1. The van der Waals surface area contributed by atoms with Gasteiger partial charge in [0.05, 0.1) is 5.69 Å². The smallest absolute Gasteiger partial charge is 0.106 e. The average Bonchev–Trinajstić information content (AvgIpc) is 2.28. The zero-order chi connectivity index (χ0) is 11.7. The van der Waals surface area contributed by atoms with E-state index in [2.05, 4.69) is 51.5 Å². The lowest BCUT2D eigenvalue weighted by molar-refractivity contribution is 0.397. The number of hydrogen-bond acceptors (Lipinski definition) is 1. The van der Waals surface area contributed by atoms with Crippen LogP contribution < -0.4 is 0 Å². The third-order valence-corrected chi connectivity index (χ3v) is 2.09. The lowest BCUT2D eigenvalue weighted by atomic mass is 9.91. The summed E-state index contributed by atoms with van der Waals surface area (Å²) in [6, 6.07) is 0. The molecule has 0 aliphatic carbocycles. The third-order valence-electron chi connectivity index (χ3n) is 2.09. The molecule has 0 saturated heterocycles. The van der Waals surface area contributed by atoms with E-state index >= 15 is 0 Å². The fraction of sp³-hybridized carbons (Fsp3) is 0.769. The summed E-state index contributed by atoms with van der Waals surface area (Å²) in [5, 5.41) is 0. The van der Waals surface area contributed by atoms with Crippen molar-refractivity contribution in [2.75, 3.05) is 0 Å². The van der Waals surface area contributed by atoms with Gasteiger partial charge >= 0.3 is 0 Å². The molecule has 0 aliphatic heterocycles. The highest BCUT2D eigenvalue weighted by molar-refractivity contribution is 5.04. The van der Waals surface area contributed by atoms with Crippen molar-refractivity contribution in [3.63, 3.8) is 0 Å². The van der Waals surface area contributed by atoms with Crippen molar-refractivity contribution in [3.05, 3.63) is 17.7 Å². The minimum absolute atomic E-state index is 0.302. The monoisotopic (exact) mass is 208 g/mol. The van der Waals surface area contributed by atoms with Gasteiger partial charge in [-0.1, -0.05) is 41.5 Å². The molecular formula is C13H24N2. The minimum Gasteiger partial charge on any atom is -0.348 e. The highest BCUT2D eigenvalue weighted by Crippen LogP contribution is 2.22. The summed E-state index contributed by atoms with van der Waals surface area (Å²) in [7, 11) is 0. The normalized spacial score (nSPS) is 13.2. The van der Waals surface area contributed by atoms with Crippen molar-refractivity contribution in [2.24, 2.45) is 10.8 Å². The lowest BCUT2D eigenvalue weighted by Gasteiger charge is -2.16. The molecule has 0 saturated carbocycles. The quantitative estimate of drug-likeness (QED) is 0.790. The van der Waals surface area contributed by atoms with E-state index in [-0.39, 0.29) is 0 Å². The van der Waals surface area contributed by atoms with E-state index < -0.39 is 0 Å². The number of nitrogens with zero attached hydrogens (tertiary/aromatic N) is 1. The Balaban J connectivity index is 2.65. The lowest BCUT2D eigenvalue weighted by Crippen LogP contribution is -2.11. The molecular weight excluding hydrogens is 184 g/mol. The van der Waals surface area contributed by atoms with Crippen LogP contribution in [0.2, 0.25) is 0 Å². The summed E-state index contributed by atoms with van der Waals surface area (Å²) < 4.78 is 0. The van der Waals surface area contributed by atoms with E-state index in [9.17, 15) is 0 Å². The van der Waals surface area contributed by atoms with E-state index in [1.54, 1.807) is 0 Å². The Bertz CT molecular complexity index is 280. The maximum atomic E-state index is 4.63. The Labute approximate surface area is 93.5 Å². The first-order valence-corrected chi connectivity index (χ1v) is 5.69. The van der Waals surface area contributed by atoms with Gasteiger partial charge in [-0.05, 0) is 17.3 Å². The fourth-order valence-electron chi connectivity index (χ4n) is 1.63. The van der Waals surface area contributed by atoms with E-state index in [0.29, 0.717) is 10.8 Å². The van der Waals surface area contributed by atoms with Gasteiger partial charge in [-0.25, -0.2) is 4.98 Å². The van der Waals surface area contributed by atoms with Crippen molar-refractivity contribution < 1.29 is 0 Å². The summed E-state index contributed by atoms with van der Waals surface area (Å²) in [6.07, 6.45) is 4.09. The summed E-state index contributed by atoms with van der Waals surface area (Å²) in [4.78, 5) is 7.90. The largest absolute Gasteiger partial charge is 0.348 e. The van der Waals surface area contributed by atoms with Gasteiger partial charge in [0, 0.05) is 12.6 Å². The van der Waals surface area contributed by atoms with Crippen LogP contribution in [-0.2, 0) is 12.8 Å². The number of H-pyrrole nitrogens is 1. The molecule has 2 nitrogen and oxygen atoms in total. The molecule has 0 spiro atoms. The number of nitrogens with one attached hydrogen (secondary N) is 1. The van der Waals surface area contributed by atoms with Crippen LogP contribution in [0.15, 0.2) is 6.20 Å². The first-order chi connectivity index (χ1) is 6.66. The minimum atomic E-state index is 0.302. The van der Waals surface area contributed by atoms with Gasteiger partial charge in [0.2, 0.25) is 0 Å².